The summed E-state index contributed by atoms with van der Waals surface area (Å²) >= 11 is 1.68. The number of thioether (sulfide) groups is 1. The molecule has 0 aromatic rings. The second kappa shape index (κ2) is 5.75. The Morgan fingerprint density at radius 1 is 1.53 bits per heavy atom. The average Bonchev–Trinajstić information content (AvgIpc) is 2.66. The number of amidine groups is 1. The number of sulfone groups is 1. The van der Waals surface area contributed by atoms with Crippen LogP contribution in [0, 0.1) is 0 Å². The predicted octanol–water partition coefficient (Wildman–Crippen LogP) is 0.892. The standard InChI is InChI=1S/C9H18N2O2S2/c1-3-8-7-14-9(11-8)10-5-6-15(12,13)4-2/h8H,3-7H2,1-2H3,(H,10,11). The minimum absolute atomic E-state index is 0.159. The summed E-state index contributed by atoms with van der Waals surface area (Å²) in [7, 11) is -2.87. The van der Waals surface area contributed by atoms with Crippen molar-refractivity contribution in [3.05, 3.63) is 0 Å². The zero-order chi connectivity index (χ0) is 11.3. The Morgan fingerprint density at radius 3 is 2.80 bits per heavy atom. The van der Waals surface area contributed by atoms with E-state index in [1.165, 1.54) is 0 Å². The van der Waals surface area contributed by atoms with Crippen LogP contribution in [-0.4, -0.2) is 43.4 Å². The van der Waals surface area contributed by atoms with Gasteiger partial charge in [-0.1, -0.05) is 25.6 Å². The van der Waals surface area contributed by atoms with Gasteiger partial charge in [0.25, 0.3) is 0 Å². The number of nitrogens with one attached hydrogen (secondary N) is 1. The fourth-order valence-corrected chi connectivity index (χ4v) is 2.95. The van der Waals surface area contributed by atoms with Gasteiger partial charge in [0.1, 0.15) is 0 Å². The molecule has 0 aromatic heterocycles. The normalized spacial score (nSPS) is 24.4. The quantitative estimate of drug-likeness (QED) is 0.787. The van der Waals surface area contributed by atoms with Crippen LogP contribution in [0.25, 0.3) is 0 Å². The third kappa shape index (κ3) is 4.42. The van der Waals surface area contributed by atoms with Crippen molar-refractivity contribution in [1.82, 2.24) is 5.32 Å². The number of hydrogen-bond donors (Lipinski definition) is 1. The molecule has 0 spiro atoms. The lowest BCUT2D eigenvalue weighted by molar-refractivity contribution is 0.597. The highest BCUT2D eigenvalue weighted by Gasteiger charge is 2.18. The lowest BCUT2D eigenvalue weighted by atomic mass is 10.3. The van der Waals surface area contributed by atoms with Gasteiger partial charge < -0.3 is 5.32 Å². The molecular formula is C9H18N2O2S2. The molecular weight excluding hydrogens is 232 g/mol. The van der Waals surface area contributed by atoms with Crippen LogP contribution in [0.3, 0.4) is 0 Å². The monoisotopic (exact) mass is 250 g/mol. The maximum absolute atomic E-state index is 11.2. The van der Waals surface area contributed by atoms with E-state index in [0.717, 1.165) is 17.3 Å². The van der Waals surface area contributed by atoms with Crippen LogP contribution in [0.1, 0.15) is 20.3 Å². The van der Waals surface area contributed by atoms with Crippen LogP contribution >= 0.6 is 11.8 Å². The summed E-state index contributed by atoms with van der Waals surface area (Å²) in [5.74, 6) is 1.40. The molecule has 0 aliphatic carbocycles. The Labute approximate surface area is 95.8 Å². The van der Waals surface area contributed by atoms with Crippen LogP contribution < -0.4 is 5.32 Å². The summed E-state index contributed by atoms with van der Waals surface area (Å²) in [5, 5.41) is 4.16. The van der Waals surface area contributed by atoms with Gasteiger partial charge in [-0.15, -0.1) is 0 Å². The van der Waals surface area contributed by atoms with Gasteiger partial charge in [0, 0.05) is 17.5 Å². The molecule has 1 aliphatic heterocycles. The molecule has 1 aliphatic rings. The second-order valence-corrected chi connectivity index (χ2v) is 6.97. The van der Waals surface area contributed by atoms with Crippen molar-refractivity contribution in [2.75, 3.05) is 23.8 Å². The fourth-order valence-electron chi connectivity index (χ4n) is 1.18. The van der Waals surface area contributed by atoms with Crippen molar-refractivity contribution in [1.29, 1.82) is 0 Å². The maximum atomic E-state index is 11.2. The predicted molar refractivity (Wildman–Crippen MR) is 66.3 cm³/mol. The summed E-state index contributed by atoms with van der Waals surface area (Å²) in [4.78, 5) is 4.24. The molecule has 0 saturated carbocycles. The van der Waals surface area contributed by atoms with Crippen molar-refractivity contribution in [2.45, 2.75) is 26.3 Å². The van der Waals surface area contributed by atoms with E-state index < -0.39 is 9.84 Å². The molecule has 1 atom stereocenters. The van der Waals surface area contributed by atoms with Crippen molar-refractivity contribution < 1.29 is 8.42 Å². The summed E-state index contributed by atoms with van der Waals surface area (Å²) in [5.41, 5.74) is 0. The van der Waals surface area contributed by atoms with E-state index in [-0.39, 0.29) is 11.5 Å². The number of hydrogen-bond acceptors (Lipinski definition) is 4. The van der Waals surface area contributed by atoms with E-state index in [1.807, 2.05) is 0 Å². The van der Waals surface area contributed by atoms with Gasteiger partial charge in [0.15, 0.2) is 15.0 Å². The van der Waals surface area contributed by atoms with Gasteiger partial charge >= 0.3 is 0 Å². The molecule has 4 nitrogen and oxygen atoms in total. The zero-order valence-corrected chi connectivity index (χ0v) is 10.8. The zero-order valence-electron chi connectivity index (χ0n) is 9.19. The second-order valence-electron chi connectivity index (χ2n) is 3.48. The first-order valence-electron chi connectivity index (χ1n) is 5.21. The van der Waals surface area contributed by atoms with E-state index in [2.05, 4.69) is 17.2 Å². The Balaban J connectivity index is 2.34. The van der Waals surface area contributed by atoms with Gasteiger partial charge in [0.05, 0.1) is 12.3 Å². The molecule has 0 radical (unpaired) electrons. The largest absolute Gasteiger partial charge is 0.361 e. The molecule has 15 heavy (non-hydrogen) atoms. The van der Waals surface area contributed by atoms with Crippen LogP contribution in [-0.2, 0) is 9.84 Å². The minimum Gasteiger partial charge on any atom is -0.361 e. The van der Waals surface area contributed by atoms with Gasteiger partial charge in [-0.05, 0) is 6.42 Å². The number of rotatable bonds is 5. The molecule has 1 rings (SSSR count). The highest BCUT2D eigenvalue weighted by atomic mass is 32.2. The average molecular weight is 250 g/mol. The van der Waals surface area contributed by atoms with E-state index in [9.17, 15) is 8.42 Å². The molecule has 1 N–H and O–H groups in total. The molecule has 0 aromatic carbocycles. The molecule has 1 heterocycles. The third-order valence-electron chi connectivity index (χ3n) is 2.34. The summed E-state index contributed by atoms with van der Waals surface area (Å²) < 4.78 is 22.4. The van der Waals surface area contributed by atoms with Crippen LogP contribution in [0.4, 0.5) is 0 Å². The van der Waals surface area contributed by atoms with Gasteiger partial charge in [0.2, 0.25) is 0 Å². The highest BCUT2D eigenvalue weighted by Crippen LogP contribution is 2.15. The van der Waals surface area contributed by atoms with E-state index in [4.69, 9.17) is 0 Å². The lowest BCUT2D eigenvalue weighted by Crippen LogP contribution is -2.26. The van der Waals surface area contributed by atoms with Gasteiger partial charge in [-0.25, -0.2) is 8.42 Å². The lowest BCUT2D eigenvalue weighted by Gasteiger charge is -2.04. The highest BCUT2D eigenvalue weighted by molar-refractivity contribution is 8.14. The number of nitrogens with zero attached hydrogens (tertiary/aromatic N) is 1. The van der Waals surface area contributed by atoms with Gasteiger partial charge in [-0.2, -0.15) is 0 Å². The molecule has 6 heteroatoms. The van der Waals surface area contributed by atoms with E-state index >= 15 is 0 Å². The Bertz CT molecular complexity index is 325. The number of aliphatic imine (C=N–C) groups is 1. The van der Waals surface area contributed by atoms with Crippen LogP contribution in [0.5, 0.6) is 0 Å². The van der Waals surface area contributed by atoms with Crippen LogP contribution in [0.2, 0.25) is 0 Å². The smallest absolute Gasteiger partial charge is 0.156 e. The Morgan fingerprint density at radius 2 is 2.27 bits per heavy atom. The Hall–Kier alpha value is -0.230. The topological polar surface area (TPSA) is 58.5 Å². The first-order chi connectivity index (χ1) is 7.07. The van der Waals surface area contributed by atoms with Crippen molar-refractivity contribution >= 4 is 26.8 Å². The molecule has 0 bridgehead atoms. The Kier molecular flexibility index (Phi) is 4.92. The van der Waals surface area contributed by atoms with E-state index in [1.54, 1.807) is 18.7 Å². The third-order valence-corrected chi connectivity index (χ3v) is 5.11. The molecule has 1 unspecified atom stereocenters. The SMILES string of the molecule is CCC1CSC(=NCCS(=O)(=O)CC)N1. The van der Waals surface area contributed by atoms with Crippen molar-refractivity contribution in [2.24, 2.45) is 4.99 Å². The van der Waals surface area contributed by atoms with Crippen molar-refractivity contribution in [3.63, 3.8) is 0 Å². The molecule has 1 fully saturated rings. The fraction of sp³-hybridized carbons (Fsp3) is 0.889. The first-order valence-corrected chi connectivity index (χ1v) is 8.02. The first kappa shape index (κ1) is 12.8. The minimum atomic E-state index is -2.87. The van der Waals surface area contributed by atoms with Crippen molar-refractivity contribution in [3.8, 4) is 0 Å². The summed E-state index contributed by atoms with van der Waals surface area (Å²) in [6.45, 7) is 4.17. The van der Waals surface area contributed by atoms with Crippen LogP contribution in [0.15, 0.2) is 4.99 Å². The van der Waals surface area contributed by atoms with Gasteiger partial charge in [-0.3, -0.25) is 4.99 Å². The van der Waals surface area contributed by atoms with E-state index in [0.29, 0.717) is 12.6 Å². The summed E-state index contributed by atoms with van der Waals surface area (Å²) in [6.07, 6.45) is 1.08. The molecule has 0 amide bonds. The summed E-state index contributed by atoms with van der Waals surface area (Å²) in [6, 6.07) is 0.497. The molecule has 88 valence electrons. The molecule has 1 saturated heterocycles. The maximum Gasteiger partial charge on any atom is 0.156 e.